The molecule has 2 aromatic carbocycles. The van der Waals surface area contributed by atoms with Crippen LogP contribution in [0.2, 0.25) is 0 Å². The van der Waals surface area contributed by atoms with E-state index in [-0.39, 0.29) is 5.69 Å². The van der Waals surface area contributed by atoms with Gasteiger partial charge in [-0.1, -0.05) is 30.3 Å². The first-order valence-electron chi connectivity index (χ1n) is 5.88. The Morgan fingerprint density at radius 1 is 0.950 bits per heavy atom. The van der Waals surface area contributed by atoms with Crippen molar-refractivity contribution in [3.63, 3.8) is 0 Å². The van der Waals surface area contributed by atoms with Gasteiger partial charge in [-0.25, -0.2) is 0 Å². The Labute approximate surface area is 113 Å². The van der Waals surface area contributed by atoms with Crippen LogP contribution in [0, 0.1) is 10.1 Å². The minimum atomic E-state index is -0.442. The first-order valence-corrected chi connectivity index (χ1v) is 5.88. The third kappa shape index (κ3) is 2.14. The maximum absolute atomic E-state index is 10.6. The lowest BCUT2D eigenvalue weighted by atomic mass is 10.1. The standard InChI is InChI=1S/C14H9N3O3/c18-17(19)12-8-6-10(7-9-12)13-14(20-16-15-13)11-4-2-1-3-5-11/h1-9H. The largest absolute Gasteiger partial charge is 0.336 e. The summed E-state index contributed by atoms with van der Waals surface area (Å²) in [5.74, 6) is 0.541. The van der Waals surface area contributed by atoms with Crippen LogP contribution in [0.4, 0.5) is 5.69 Å². The monoisotopic (exact) mass is 267 g/mol. The fourth-order valence-corrected chi connectivity index (χ4v) is 1.90. The number of rotatable bonds is 3. The van der Waals surface area contributed by atoms with Crippen molar-refractivity contribution < 1.29 is 9.45 Å². The van der Waals surface area contributed by atoms with Crippen molar-refractivity contribution in [3.05, 3.63) is 64.7 Å². The van der Waals surface area contributed by atoms with E-state index < -0.39 is 4.92 Å². The highest BCUT2D eigenvalue weighted by Crippen LogP contribution is 2.30. The number of nitrogens with zero attached hydrogens (tertiary/aromatic N) is 3. The van der Waals surface area contributed by atoms with Crippen LogP contribution in [0.1, 0.15) is 0 Å². The molecule has 0 amide bonds. The topological polar surface area (TPSA) is 82.1 Å². The molecule has 20 heavy (non-hydrogen) atoms. The lowest BCUT2D eigenvalue weighted by molar-refractivity contribution is -0.384. The predicted molar refractivity (Wildman–Crippen MR) is 71.8 cm³/mol. The third-order valence-corrected chi connectivity index (χ3v) is 2.88. The van der Waals surface area contributed by atoms with E-state index in [9.17, 15) is 10.1 Å². The molecule has 0 saturated heterocycles. The van der Waals surface area contributed by atoms with Crippen molar-refractivity contribution in [2.24, 2.45) is 0 Å². The van der Waals surface area contributed by atoms with E-state index >= 15 is 0 Å². The molecule has 1 heterocycles. The summed E-state index contributed by atoms with van der Waals surface area (Å²) in [5.41, 5.74) is 2.17. The summed E-state index contributed by atoms with van der Waals surface area (Å²) in [7, 11) is 0. The Kier molecular flexibility index (Phi) is 2.96. The van der Waals surface area contributed by atoms with Crippen LogP contribution in [0.25, 0.3) is 22.6 Å². The second kappa shape index (κ2) is 4.93. The Hall–Kier alpha value is -3.02. The van der Waals surface area contributed by atoms with Gasteiger partial charge in [0.25, 0.3) is 5.69 Å². The summed E-state index contributed by atoms with van der Waals surface area (Å²) in [4.78, 5) is 10.2. The Balaban J connectivity index is 2.04. The van der Waals surface area contributed by atoms with Crippen LogP contribution in [-0.2, 0) is 0 Å². The molecular formula is C14H9N3O3. The van der Waals surface area contributed by atoms with Crippen LogP contribution >= 0.6 is 0 Å². The molecule has 0 aliphatic rings. The van der Waals surface area contributed by atoms with Crippen molar-refractivity contribution in [1.29, 1.82) is 0 Å². The van der Waals surface area contributed by atoms with Crippen LogP contribution < -0.4 is 0 Å². The van der Waals surface area contributed by atoms with Gasteiger partial charge in [0, 0.05) is 28.5 Å². The minimum Gasteiger partial charge on any atom is -0.336 e. The van der Waals surface area contributed by atoms with Gasteiger partial charge in [-0.3, -0.25) is 10.1 Å². The van der Waals surface area contributed by atoms with Crippen LogP contribution in [0.5, 0.6) is 0 Å². The number of nitro groups is 1. The second-order valence-electron chi connectivity index (χ2n) is 4.12. The molecule has 0 radical (unpaired) electrons. The summed E-state index contributed by atoms with van der Waals surface area (Å²) in [6.07, 6.45) is 0. The van der Waals surface area contributed by atoms with Crippen molar-refractivity contribution in [2.75, 3.05) is 0 Å². The molecular weight excluding hydrogens is 258 g/mol. The summed E-state index contributed by atoms with van der Waals surface area (Å²) >= 11 is 0. The average molecular weight is 267 g/mol. The number of nitro benzene ring substituents is 1. The van der Waals surface area contributed by atoms with Gasteiger partial charge in [0.1, 0.15) is 5.69 Å². The zero-order chi connectivity index (χ0) is 13.9. The molecule has 0 saturated carbocycles. The highest BCUT2D eigenvalue weighted by Gasteiger charge is 2.15. The first kappa shape index (κ1) is 12.0. The lowest BCUT2D eigenvalue weighted by Crippen LogP contribution is -1.88. The van der Waals surface area contributed by atoms with Gasteiger partial charge in [-0.2, -0.15) is 0 Å². The van der Waals surface area contributed by atoms with Crippen molar-refractivity contribution >= 4 is 5.69 Å². The summed E-state index contributed by atoms with van der Waals surface area (Å²) in [6, 6.07) is 15.6. The van der Waals surface area contributed by atoms with E-state index in [0.29, 0.717) is 11.5 Å². The number of benzene rings is 2. The molecule has 0 aliphatic carbocycles. The zero-order valence-corrected chi connectivity index (χ0v) is 10.3. The quantitative estimate of drug-likeness (QED) is 0.537. The molecule has 98 valence electrons. The zero-order valence-electron chi connectivity index (χ0n) is 10.3. The smallest absolute Gasteiger partial charge is 0.269 e. The van der Waals surface area contributed by atoms with Crippen molar-refractivity contribution in [3.8, 4) is 22.6 Å². The molecule has 0 N–H and O–H groups in total. The molecule has 6 nitrogen and oxygen atoms in total. The molecule has 1 aromatic heterocycles. The van der Waals surface area contributed by atoms with Crippen LogP contribution in [0.15, 0.2) is 59.1 Å². The van der Waals surface area contributed by atoms with Gasteiger partial charge in [0.05, 0.1) is 4.92 Å². The maximum Gasteiger partial charge on any atom is 0.269 e. The van der Waals surface area contributed by atoms with E-state index in [2.05, 4.69) is 10.4 Å². The number of hydrogen-bond acceptors (Lipinski definition) is 5. The highest BCUT2D eigenvalue weighted by molar-refractivity contribution is 5.76. The molecule has 6 heteroatoms. The van der Waals surface area contributed by atoms with Gasteiger partial charge < -0.3 is 4.52 Å². The van der Waals surface area contributed by atoms with Crippen LogP contribution in [0.3, 0.4) is 0 Å². The average Bonchev–Trinajstić information content (AvgIpc) is 2.97. The predicted octanol–water partition coefficient (Wildman–Crippen LogP) is 3.31. The van der Waals surface area contributed by atoms with Crippen LogP contribution in [-0.4, -0.2) is 15.3 Å². The van der Waals surface area contributed by atoms with Crippen molar-refractivity contribution in [2.45, 2.75) is 0 Å². The van der Waals surface area contributed by atoms with E-state index in [4.69, 9.17) is 4.52 Å². The van der Waals surface area contributed by atoms with Gasteiger partial charge in [-0.05, 0) is 12.1 Å². The molecule has 3 aromatic rings. The maximum atomic E-state index is 10.6. The van der Waals surface area contributed by atoms with E-state index in [1.807, 2.05) is 30.3 Å². The normalized spacial score (nSPS) is 10.4. The van der Waals surface area contributed by atoms with Crippen molar-refractivity contribution in [1.82, 2.24) is 10.4 Å². The highest BCUT2D eigenvalue weighted by atomic mass is 16.6. The molecule has 0 atom stereocenters. The van der Waals surface area contributed by atoms with Gasteiger partial charge in [0.2, 0.25) is 0 Å². The van der Waals surface area contributed by atoms with E-state index in [1.54, 1.807) is 12.1 Å². The number of aromatic nitrogens is 2. The summed E-state index contributed by atoms with van der Waals surface area (Å²) in [5, 5.41) is 18.2. The van der Waals surface area contributed by atoms with Gasteiger partial charge >= 0.3 is 0 Å². The lowest BCUT2D eigenvalue weighted by Gasteiger charge is -1.99. The minimum absolute atomic E-state index is 0.0338. The number of non-ortho nitro benzene ring substituents is 1. The molecule has 0 bridgehead atoms. The van der Waals surface area contributed by atoms with E-state index in [0.717, 1.165) is 11.1 Å². The Morgan fingerprint density at radius 2 is 1.65 bits per heavy atom. The summed E-state index contributed by atoms with van der Waals surface area (Å²) in [6.45, 7) is 0. The SMILES string of the molecule is O=[N+]([O-])c1ccc(-c2nnoc2-c2ccccc2)cc1. The fraction of sp³-hybridized carbons (Fsp3) is 0. The second-order valence-corrected chi connectivity index (χ2v) is 4.12. The summed E-state index contributed by atoms with van der Waals surface area (Å²) < 4.78 is 5.19. The van der Waals surface area contributed by atoms with E-state index in [1.165, 1.54) is 12.1 Å². The molecule has 0 aliphatic heterocycles. The molecule has 0 unspecified atom stereocenters. The Morgan fingerprint density at radius 3 is 2.30 bits per heavy atom. The molecule has 3 rings (SSSR count). The Bertz CT molecular complexity index is 736. The fourth-order valence-electron chi connectivity index (χ4n) is 1.90. The molecule has 0 fully saturated rings. The van der Waals surface area contributed by atoms with Gasteiger partial charge in [-0.15, -0.1) is 5.10 Å². The number of hydrogen-bond donors (Lipinski definition) is 0. The third-order valence-electron chi connectivity index (χ3n) is 2.88. The molecule has 0 spiro atoms. The van der Waals surface area contributed by atoms with Gasteiger partial charge in [0.15, 0.2) is 5.76 Å². The first-order chi connectivity index (χ1) is 9.75.